The number of piperazine rings is 1. The Morgan fingerprint density at radius 3 is 2.55 bits per heavy atom. The van der Waals surface area contributed by atoms with Gasteiger partial charge >= 0.3 is 0 Å². The summed E-state index contributed by atoms with van der Waals surface area (Å²) >= 11 is 5.90. The molecule has 31 heavy (non-hydrogen) atoms. The van der Waals surface area contributed by atoms with Gasteiger partial charge in [0.15, 0.2) is 5.76 Å². The molecule has 1 aromatic heterocycles. The molecular weight excluding hydrogens is 416 g/mol. The second-order valence-electron chi connectivity index (χ2n) is 7.48. The molecule has 164 valence electrons. The van der Waals surface area contributed by atoms with Gasteiger partial charge in [0.25, 0.3) is 5.91 Å². The predicted molar refractivity (Wildman–Crippen MR) is 121 cm³/mol. The fourth-order valence-corrected chi connectivity index (χ4v) is 3.89. The molecule has 1 fully saturated rings. The third-order valence-electron chi connectivity index (χ3n) is 5.49. The fraction of sp³-hybridized carbons (Fsp3) is 0.375. The molecule has 6 nitrogen and oxygen atoms in total. The van der Waals surface area contributed by atoms with Crippen molar-refractivity contribution in [3.8, 4) is 5.75 Å². The van der Waals surface area contributed by atoms with E-state index in [9.17, 15) is 4.79 Å². The summed E-state index contributed by atoms with van der Waals surface area (Å²) in [6.07, 6.45) is 0. The average molecular weight is 443 g/mol. The zero-order valence-corrected chi connectivity index (χ0v) is 18.4. The number of hydrogen-bond acceptors (Lipinski definition) is 5. The van der Waals surface area contributed by atoms with Crippen LogP contribution in [0.4, 0.5) is 0 Å². The van der Waals surface area contributed by atoms with Crippen LogP contribution in [-0.2, 0) is 11.3 Å². The number of carbonyl (C=O) groups is 1. The summed E-state index contributed by atoms with van der Waals surface area (Å²) in [5.74, 6) is 1.14. The van der Waals surface area contributed by atoms with E-state index in [0.717, 1.165) is 41.9 Å². The largest absolute Gasteiger partial charge is 0.492 e. The van der Waals surface area contributed by atoms with Crippen molar-refractivity contribution in [2.75, 3.05) is 45.9 Å². The van der Waals surface area contributed by atoms with Crippen molar-refractivity contribution < 1.29 is 18.7 Å². The minimum absolute atomic E-state index is 0.0667. The molecule has 1 saturated heterocycles. The van der Waals surface area contributed by atoms with Crippen LogP contribution < -0.4 is 4.74 Å². The van der Waals surface area contributed by atoms with Crippen molar-refractivity contribution in [1.82, 2.24) is 9.80 Å². The first-order chi connectivity index (χ1) is 15.2. The van der Waals surface area contributed by atoms with E-state index in [0.29, 0.717) is 43.7 Å². The number of carbonyl (C=O) groups excluding carboxylic acids is 1. The maximum atomic E-state index is 13.2. The van der Waals surface area contributed by atoms with E-state index in [-0.39, 0.29) is 5.91 Å². The lowest BCUT2D eigenvalue weighted by molar-refractivity contribution is 0.0584. The number of para-hydroxylation sites is 1. The Morgan fingerprint density at radius 2 is 1.81 bits per heavy atom. The van der Waals surface area contributed by atoms with Gasteiger partial charge in [-0.1, -0.05) is 29.8 Å². The maximum absolute atomic E-state index is 13.2. The lowest BCUT2D eigenvalue weighted by Gasteiger charge is -2.34. The zero-order chi connectivity index (χ0) is 21.6. The highest BCUT2D eigenvalue weighted by Crippen LogP contribution is 2.28. The number of halogens is 1. The molecule has 0 bridgehead atoms. The van der Waals surface area contributed by atoms with Crippen LogP contribution >= 0.6 is 11.6 Å². The number of amides is 1. The van der Waals surface area contributed by atoms with Crippen molar-refractivity contribution in [3.05, 3.63) is 64.9 Å². The molecule has 0 spiro atoms. The van der Waals surface area contributed by atoms with Crippen LogP contribution in [-0.4, -0.2) is 61.6 Å². The Bertz CT molecular complexity index is 1010. The highest BCUT2D eigenvalue weighted by Gasteiger charge is 2.28. The molecule has 1 amide bonds. The van der Waals surface area contributed by atoms with Crippen molar-refractivity contribution in [3.63, 3.8) is 0 Å². The van der Waals surface area contributed by atoms with Crippen molar-refractivity contribution in [2.24, 2.45) is 0 Å². The van der Waals surface area contributed by atoms with E-state index in [1.807, 2.05) is 60.4 Å². The minimum Gasteiger partial charge on any atom is -0.492 e. The summed E-state index contributed by atoms with van der Waals surface area (Å²) < 4.78 is 17.3. The quantitative estimate of drug-likeness (QED) is 0.515. The lowest BCUT2D eigenvalue weighted by atomic mass is 10.1. The standard InChI is InChI=1S/C24H27ClN2O4/c1-2-29-17-21-20-5-3-4-6-22(20)31-23(21)24(28)27-13-11-26(12-14-27)15-16-30-19-9-7-18(25)8-10-19/h3-10H,2,11-17H2,1H3. The first kappa shape index (κ1) is 21.7. The molecule has 1 aliphatic rings. The monoisotopic (exact) mass is 442 g/mol. The fourth-order valence-electron chi connectivity index (χ4n) is 3.76. The molecule has 3 aromatic rings. The smallest absolute Gasteiger partial charge is 0.290 e. The van der Waals surface area contributed by atoms with Gasteiger partial charge in [-0.15, -0.1) is 0 Å². The Kier molecular flexibility index (Phi) is 7.12. The normalized spacial score (nSPS) is 14.8. The van der Waals surface area contributed by atoms with Crippen LogP contribution in [0.5, 0.6) is 5.75 Å². The van der Waals surface area contributed by atoms with Gasteiger partial charge in [-0.25, -0.2) is 0 Å². The number of furan rings is 1. The third-order valence-corrected chi connectivity index (χ3v) is 5.74. The second kappa shape index (κ2) is 10.2. The number of nitrogens with zero attached hydrogens (tertiary/aromatic N) is 2. The van der Waals surface area contributed by atoms with Gasteiger partial charge in [0.05, 0.1) is 6.61 Å². The number of rotatable bonds is 8. The topological polar surface area (TPSA) is 55.2 Å². The molecule has 0 aliphatic carbocycles. The van der Waals surface area contributed by atoms with Gasteiger partial charge in [0.2, 0.25) is 0 Å². The van der Waals surface area contributed by atoms with Gasteiger partial charge in [-0.3, -0.25) is 9.69 Å². The minimum atomic E-state index is -0.0667. The molecule has 4 rings (SSSR count). The van der Waals surface area contributed by atoms with E-state index in [1.165, 1.54) is 0 Å². The first-order valence-electron chi connectivity index (χ1n) is 10.6. The summed E-state index contributed by atoms with van der Waals surface area (Å²) in [4.78, 5) is 17.4. The molecule has 1 aliphatic heterocycles. The predicted octanol–water partition coefficient (Wildman–Crippen LogP) is 4.46. The Balaban J connectivity index is 1.33. The number of ether oxygens (including phenoxy) is 2. The van der Waals surface area contributed by atoms with Gasteiger partial charge in [-0.2, -0.15) is 0 Å². The summed E-state index contributed by atoms with van der Waals surface area (Å²) in [6.45, 7) is 7.23. The molecule has 7 heteroatoms. The molecule has 2 heterocycles. The van der Waals surface area contributed by atoms with Crippen LogP contribution in [0.15, 0.2) is 52.9 Å². The molecule has 2 aromatic carbocycles. The van der Waals surface area contributed by atoms with E-state index in [4.69, 9.17) is 25.5 Å². The summed E-state index contributed by atoms with van der Waals surface area (Å²) in [5.41, 5.74) is 1.56. The van der Waals surface area contributed by atoms with Crippen LogP contribution in [0.2, 0.25) is 5.02 Å². The highest BCUT2D eigenvalue weighted by molar-refractivity contribution is 6.30. The maximum Gasteiger partial charge on any atom is 0.290 e. The molecule has 0 saturated carbocycles. The number of fused-ring (bicyclic) bond motifs is 1. The van der Waals surface area contributed by atoms with E-state index in [2.05, 4.69) is 4.90 Å². The molecule has 0 N–H and O–H groups in total. The number of hydrogen-bond donors (Lipinski definition) is 0. The number of benzene rings is 2. The van der Waals surface area contributed by atoms with Crippen LogP contribution in [0, 0.1) is 0 Å². The summed E-state index contributed by atoms with van der Waals surface area (Å²) in [7, 11) is 0. The van der Waals surface area contributed by atoms with Crippen molar-refractivity contribution >= 4 is 28.5 Å². The summed E-state index contributed by atoms with van der Waals surface area (Å²) in [6, 6.07) is 15.1. The van der Waals surface area contributed by atoms with Crippen molar-refractivity contribution in [1.29, 1.82) is 0 Å². The molecule has 0 unspecified atom stereocenters. The Labute approximate surface area is 187 Å². The van der Waals surface area contributed by atoms with Crippen LogP contribution in [0.3, 0.4) is 0 Å². The van der Waals surface area contributed by atoms with E-state index < -0.39 is 0 Å². The van der Waals surface area contributed by atoms with Gasteiger partial charge in [-0.05, 0) is 37.3 Å². The van der Waals surface area contributed by atoms with Crippen LogP contribution in [0.25, 0.3) is 11.0 Å². The SMILES string of the molecule is CCOCc1c(C(=O)N2CCN(CCOc3ccc(Cl)cc3)CC2)oc2ccccc12. The van der Waals surface area contributed by atoms with Crippen molar-refractivity contribution in [2.45, 2.75) is 13.5 Å². The highest BCUT2D eigenvalue weighted by atomic mass is 35.5. The molecular formula is C24H27ClN2O4. The van der Waals surface area contributed by atoms with Gasteiger partial charge in [0.1, 0.15) is 17.9 Å². The summed E-state index contributed by atoms with van der Waals surface area (Å²) in [5, 5.41) is 1.64. The average Bonchev–Trinajstić information content (AvgIpc) is 3.17. The molecule has 0 atom stereocenters. The van der Waals surface area contributed by atoms with E-state index >= 15 is 0 Å². The van der Waals surface area contributed by atoms with Gasteiger partial charge < -0.3 is 18.8 Å². The first-order valence-corrected chi connectivity index (χ1v) is 11.0. The Hall–Kier alpha value is -2.54. The zero-order valence-electron chi connectivity index (χ0n) is 17.7. The second-order valence-corrected chi connectivity index (χ2v) is 7.92. The molecule has 0 radical (unpaired) electrons. The third kappa shape index (κ3) is 5.21. The van der Waals surface area contributed by atoms with Crippen LogP contribution in [0.1, 0.15) is 23.0 Å². The van der Waals surface area contributed by atoms with Gasteiger partial charge in [0, 0.05) is 55.3 Å². The lowest BCUT2D eigenvalue weighted by Crippen LogP contribution is -2.49. The Morgan fingerprint density at radius 1 is 1.06 bits per heavy atom. The van der Waals surface area contributed by atoms with E-state index in [1.54, 1.807) is 0 Å².